The Morgan fingerprint density at radius 2 is 2.24 bits per heavy atom. The SMILES string of the molecule is CC(=CC(=O)O)Cn1ccc2ccc(Cl)cc21. The van der Waals surface area contributed by atoms with E-state index in [9.17, 15) is 4.79 Å². The summed E-state index contributed by atoms with van der Waals surface area (Å²) in [5.41, 5.74) is 1.80. The van der Waals surface area contributed by atoms with Crippen LogP contribution in [-0.2, 0) is 11.3 Å². The first kappa shape index (κ1) is 11.7. The Morgan fingerprint density at radius 1 is 1.47 bits per heavy atom. The van der Waals surface area contributed by atoms with Crippen LogP contribution < -0.4 is 0 Å². The number of benzene rings is 1. The molecular weight excluding hydrogens is 238 g/mol. The summed E-state index contributed by atoms with van der Waals surface area (Å²) in [6.45, 7) is 2.35. The van der Waals surface area contributed by atoms with Crippen molar-refractivity contribution in [2.75, 3.05) is 0 Å². The zero-order valence-corrected chi connectivity index (χ0v) is 10.1. The van der Waals surface area contributed by atoms with E-state index in [0.29, 0.717) is 11.6 Å². The van der Waals surface area contributed by atoms with Gasteiger partial charge in [-0.1, -0.05) is 17.7 Å². The predicted molar refractivity (Wildman–Crippen MR) is 68.3 cm³/mol. The Balaban J connectivity index is 2.36. The van der Waals surface area contributed by atoms with E-state index in [-0.39, 0.29) is 0 Å². The summed E-state index contributed by atoms with van der Waals surface area (Å²) in [6, 6.07) is 7.66. The minimum Gasteiger partial charge on any atom is -0.478 e. The molecule has 0 saturated carbocycles. The smallest absolute Gasteiger partial charge is 0.328 e. The van der Waals surface area contributed by atoms with Crippen molar-refractivity contribution < 1.29 is 9.90 Å². The topological polar surface area (TPSA) is 42.2 Å². The lowest BCUT2D eigenvalue weighted by Crippen LogP contribution is -1.99. The molecule has 4 heteroatoms. The first-order valence-corrected chi connectivity index (χ1v) is 5.58. The molecule has 2 aromatic rings. The van der Waals surface area contributed by atoms with E-state index in [1.807, 2.05) is 35.0 Å². The van der Waals surface area contributed by atoms with Crippen molar-refractivity contribution in [1.29, 1.82) is 0 Å². The van der Waals surface area contributed by atoms with Crippen LogP contribution in [0.2, 0.25) is 5.02 Å². The highest BCUT2D eigenvalue weighted by Crippen LogP contribution is 2.21. The Morgan fingerprint density at radius 3 is 2.94 bits per heavy atom. The molecule has 1 N–H and O–H groups in total. The number of carbonyl (C=O) groups is 1. The first-order chi connectivity index (χ1) is 8.06. The maximum atomic E-state index is 10.5. The average molecular weight is 250 g/mol. The standard InChI is InChI=1S/C13H12ClNO2/c1-9(6-13(16)17)8-15-5-4-10-2-3-11(14)7-12(10)15/h2-7H,8H2,1H3,(H,16,17). The number of allylic oxidation sites excluding steroid dienone is 1. The molecule has 0 unspecified atom stereocenters. The van der Waals surface area contributed by atoms with Gasteiger partial charge in [0, 0.05) is 29.4 Å². The quantitative estimate of drug-likeness (QED) is 0.848. The summed E-state index contributed by atoms with van der Waals surface area (Å²) in [5, 5.41) is 10.4. The zero-order valence-electron chi connectivity index (χ0n) is 9.35. The molecule has 0 atom stereocenters. The van der Waals surface area contributed by atoms with Crippen LogP contribution in [0.25, 0.3) is 10.9 Å². The van der Waals surface area contributed by atoms with Gasteiger partial charge in [-0.2, -0.15) is 0 Å². The van der Waals surface area contributed by atoms with Gasteiger partial charge >= 0.3 is 5.97 Å². The van der Waals surface area contributed by atoms with Gasteiger partial charge in [0.15, 0.2) is 0 Å². The normalized spacial score (nSPS) is 12.0. The second kappa shape index (κ2) is 4.63. The molecule has 17 heavy (non-hydrogen) atoms. The number of aliphatic carboxylic acids is 1. The molecule has 1 aromatic heterocycles. The van der Waals surface area contributed by atoms with E-state index in [2.05, 4.69) is 0 Å². The van der Waals surface area contributed by atoms with E-state index in [1.54, 1.807) is 6.92 Å². The third-order valence-corrected chi connectivity index (χ3v) is 2.76. The predicted octanol–water partition coefficient (Wildman–Crippen LogP) is 3.33. The zero-order chi connectivity index (χ0) is 12.4. The van der Waals surface area contributed by atoms with Gasteiger partial charge in [-0.05, 0) is 36.1 Å². The molecule has 0 amide bonds. The summed E-state index contributed by atoms with van der Waals surface area (Å²) in [7, 11) is 0. The Bertz CT molecular complexity index is 598. The molecule has 0 bridgehead atoms. The fourth-order valence-electron chi connectivity index (χ4n) is 1.82. The number of hydrogen-bond donors (Lipinski definition) is 1. The molecule has 0 radical (unpaired) electrons. The largest absolute Gasteiger partial charge is 0.478 e. The van der Waals surface area contributed by atoms with Gasteiger partial charge in [0.25, 0.3) is 0 Å². The third kappa shape index (κ3) is 2.68. The maximum Gasteiger partial charge on any atom is 0.328 e. The Kier molecular flexibility index (Phi) is 3.20. The molecule has 1 aromatic carbocycles. The van der Waals surface area contributed by atoms with Crippen molar-refractivity contribution in [3.05, 3.63) is 47.1 Å². The highest BCUT2D eigenvalue weighted by atomic mass is 35.5. The number of rotatable bonds is 3. The van der Waals surface area contributed by atoms with Crippen LogP contribution >= 0.6 is 11.6 Å². The molecule has 0 fully saturated rings. The lowest BCUT2D eigenvalue weighted by molar-refractivity contribution is -0.131. The molecule has 0 saturated heterocycles. The van der Waals surface area contributed by atoms with Crippen molar-refractivity contribution in [2.24, 2.45) is 0 Å². The number of carboxylic acid groups (broad SMARTS) is 1. The van der Waals surface area contributed by atoms with E-state index in [0.717, 1.165) is 16.5 Å². The minimum absolute atomic E-state index is 0.552. The number of aromatic nitrogens is 1. The molecule has 3 nitrogen and oxygen atoms in total. The van der Waals surface area contributed by atoms with Gasteiger partial charge in [0.2, 0.25) is 0 Å². The van der Waals surface area contributed by atoms with Crippen LogP contribution in [-0.4, -0.2) is 15.6 Å². The van der Waals surface area contributed by atoms with Crippen molar-refractivity contribution in [3.63, 3.8) is 0 Å². The summed E-state index contributed by atoms with van der Waals surface area (Å²) in [6.07, 6.45) is 3.15. The molecule has 0 aliphatic heterocycles. The number of fused-ring (bicyclic) bond motifs is 1. The maximum absolute atomic E-state index is 10.5. The second-order valence-corrected chi connectivity index (χ2v) is 4.41. The summed E-state index contributed by atoms with van der Waals surface area (Å²) in [4.78, 5) is 10.5. The third-order valence-electron chi connectivity index (χ3n) is 2.53. The van der Waals surface area contributed by atoms with Crippen LogP contribution in [0.3, 0.4) is 0 Å². The van der Waals surface area contributed by atoms with E-state index >= 15 is 0 Å². The molecular formula is C13H12ClNO2. The van der Waals surface area contributed by atoms with Gasteiger partial charge in [-0.15, -0.1) is 0 Å². The monoisotopic (exact) mass is 249 g/mol. The Labute approximate surface area is 104 Å². The van der Waals surface area contributed by atoms with Gasteiger partial charge in [0.1, 0.15) is 0 Å². The molecule has 0 spiro atoms. The van der Waals surface area contributed by atoms with E-state index < -0.39 is 5.97 Å². The van der Waals surface area contributed by atoms with Crippen LogP contribution in [0.4, 0.5) is 0 Å². The fourth-order valence-corrected chi connectivity index (χ4v) is 1.99. The van der Waals surface area contributed by atoms with Crippen LogP contribution in [0.1, 0.15) is 6.92 Å². The average Bonchev–Trinajstić information content (AvgIpc) is 2.60. The van der Waals surface area contributed by atoms with Crippen LogP contribution in [0.15, 0.2) is 42.1 Å². The Hall–Kier alpha value is -1.74. The summed E-state index contributed by atoms with van der Waals surface area (Å²) < 4.78 is 1.98. The van der Waals surface area contributed by atoms with Gasteiger partial charge in [-0.25, -0.2) is 4.79 Å². The first-order valence-electron chi connectivity index (χ1n) is 5.21. The molecule has 1 heterocycles. The summed E-state index contributed by atoms with van der Waals surface area (Å²) in [5.74, 6) is -0.919. The van der Waals surface area contributed by atoms with Crippen LogP contribution in [0, 0.1) is 0 Å². The lowest BCUT2D eigenvalue weighted by Gasteiger charge is -2.05. The van der Waals surface area contributed by atoms with Crippen LogP contribution in [0.5, 0.6) is 0 Å². The fraction of sp³-hybridized carbons (Fsp3) is 0.154. The van der Waals surface area contributed by atoms with E-state index in [4.69, 9.17) is 16.7 Å². The number of carboxylic acids is 1. The van der Waals surface area contributed by atoms with Crippen molar-refractivity contribution >= 4 is 28.5 Å². The van der Waals surface area contributed by atoms with Gasteiger partial charge < -0.3 is 9.67 Å². The molecule has 0 aliphatic rings. The number of hydrogen-bond acceptors (Lipinski definition) is 1. The molecule has 88 valence electrons. The van der Waals surface area contributed by atoms with Crippen molar-refractivity contribution in [3.8, 4) is 0 Å². The highest BCUT2D eigenvalue weighted by Gasteiger charge is 2.03. The lowest BCUT2D eigenvalue weighted by atomic mass is 10.2. The van der Waals surface area contributed by atoms with Crippen molar-refractivity contribution in [2.45, 2.75) is 13.5 Å². The number of halogens is 1. The molecule has 2 rings (SSSR count). The van der Waals surface area contributed by atoms with Gasteiger partial charge in [-0.3, -0.25) is 0 Å². The highest BCUT2D eigenvalue weighted by molar-refractivity contribution is 6.31. The van der Waals surface area contributed by atoms with Crippen molar-refractivity contribution in [1.82, 2.24) is 4.57 Å². The van der Waals surface area contributed by atoms with Gasteiger partial charge in [0.05, 0.1) is 0 Å². The van der Waals surface area contributed by atoms with E-state index in [1.165, 1.54) is 6.08 Å². The summed E-state index contributed by atoms with van der Waals surface area (Å²) >= 11 is 5.95. The second-order valence-electron chi connectivity index (χ2n) is 3.98. The molecule has 0 aliphatic carbocycles. The minimum atomic E-state index is -0.919. The number of nitrogens with zero attached hydrogens (tertiary/aromatic N) is 1.